The normalized spacial score (nSPS) is 20.4. The van der Waals surface area contributed by atoms with Gasteiger partial charge in [0.15, 0.2) is 0 Å². The molecule has 2 heterocycles. The molecule has 0 radical (unpaired) electrons. The highest BCUT2D eigenvalue weighted by atomic mass is 16.5. The average molecular weight is 323 g/mol. The Morgan fingerprint density at radius 2 is 1.79 bits per heavy atom. The van der Waals surface area contributed by atoms with Crippen molar-refractivity contribution in [3.8, 4) is 11.5 Å². The maximum absolute atomic E-state index is 6.16. The molecule has 3 nitrogen and oxygen atoms in total. The van der Waals surface area contributed by atoms with Crippen LogP contribution in [0.15, 0.2) is 48.5 Å². The van der Waals surface area contributed by atoms with Gasteiger partial charge in [-0.15, -0.1) is 0 Å². The Balaban J connectivity index is 1.32. The molecule has 126 valence electrons. The fraction of sp³-hybridized carbons (Fsp3) is 0.429. The standard InChI is InChI=1S/C21H25NO2/c1-2-6-20-17(5-1)9-12-21(24-20)18-7-10-19(11-8-18)23-16-15-22-13-3-4-14-22/h1-2,5-8,10-11,21H,3-4,9,12-16H2. The lowest BCUT2D eigenvalue weighted by Gasteiger charge is -2.26. The maximum Gasteiger partial charge on any atom is 0.124 e. The summed E-state index contributed by atoms with van der Waals surface area (Å²) in [5.74, 6) is 1.98. The molecule has 1 atom stereocenters. The lowest BCUT2D eigenvalue weighted by Crippen LogP contribution is -2.25. The second-order valence-corrected chi connectivity index (χ2v) is 6.72. The molecular weight excluding hydrogens is 298 g/mol. The number of hydrogen-bond donors (Lipinski definition) is 0. The third-order valence-corrected chi connectivity index (χ3v) is 5.04. The SMILES string of the molecule is c1ccc2c(c1)CCC(c1ccc(OCCN3CCCC3)cc1)O2. The van der Waals surface area contributed by atoms with Gasteiger partial charge in [0, 0.05) is 6.54 Å². The molecule has 1 fully saturated rings. The van der Waals surface area contributed by atoms with Crippen molar-refractivity contribution in [1.29, 1.82) is 0 Å². The highest BCUT2D eigenvalue weighted by Gasteiger charge is 2.20. The molecule has 1 unspecified atom stereocenters. The molecular formula is C21H25NO2. The maximum atomic E-state index is 6.16. The summed E-state index contributed by atoms with van der Waals surface area (Å²) in [4.78, 5) is 2.47. The summed E-state index contributed by atoms with van der Waals surface area (Å²) in [6.45, 7) is 4.25. The number of para-hydroxylation sites is 1. The minimum absolute atomic E-state index is 0.151. The molecule has 0 spiro atoms. The molecule has 24 heavy (non-hydrogen) atoms. The van der Waals surface area contributed by atoms with E-state index < -0.39 is 0 Å². The molecule has 0 bridgehead atoms. The molecule has 1 saturated heterocycles. The quantitative estimate of drug-likeness (QED) is 0.822. The zero-order valence-electron chi connectivity index (χ0n) is 14.1. The van der Waals surface area contributed by atoms with Crippen LogP contribution in [0.2, 0.25) is 0 Å². The fourth-order valence-corrected chi connectivity index (χ4v) is 3.64. The first-order chi connectivity index (χ1) is 11.9. The number of aryl methyl sites for hydroxylation is 1. The Hall–Kier alpha value is -2.00. The minimum Gasteiger partial charge on any atom is -0.492 e. The lowest BCUT2D eigenvalue weighted by atomic mass is 9.97. The molecule has 2 aliphatic rings. The average Bonchev–Trinajstić information content (AvgIpc) is 3.15. The predicted octanol–water partition coefficient (Wildman–Crippen LogP) is 4.23. The van der Waals surface area contributed by atoms with Crippen molar-refractivity contribution < 1.29 is 9.47 Å². The van der Waals surface area contributed by atoms with Crippen molar-refractivity contribution in [2.75, 3.05) is 26.2 Å². The summed E-state index contributed by atoms with van der Waals surface area (Å²) < 4.78 is 12.0. The number of ether oxygens (including phenoxy) is 2. The monoisotopic (exact) mass is 323 g/mol. The van der Waals surface area contributed by atoms with E-state index in [-0.39, 0.29) is 6.10 Å². The Labute approximate surface area is 144 Å². The molecule has 2 aromatic rings. The Morgan fingerprint density at radius 1 is 1.00 bits per heavy atom. The third kappa shape index (κ3) is 3.57. The van der Waals surface area contributed by atoms with Gasteiger partial charge in [-0.2, -0.15) is 0 Å². The molecule has 4 rings (SSSR count). The van der Waals surface area contributed by atoms with Crippen LogP contribution in [0.3, 0.4) is 0 Å². The van der Waals surface area contributed by atoms with Crippen LogP contribution in [-0.2, 0) is 6.42 Å². The molecule has 3 heteroatoms. The van der Waals surface area contributed by atoms with Gasteiger partial charge in [-0.3, -0.25) is 4.90 Å². The van der Waals surface area contributed by atoms with Gasteiger partial charge in [0.25, 0.3) is 0 Å². The first-order valence-electron chi connectivity index (χ1n) is 9.08. The number of fused-ring (bicyclic) bond motifs is 1. The van der Waals surface area contributed by atoms with E-state index in [4.69, 9.17) is 9.47 Å². The zero-order chi connectivity index (χ0) is 16.2. The van der Waals surface area contributed by atoms with E-state index in [0.29, 0.717) is 0 Å². The number of nitrogens with zero attached hydrogens (tertiary/aromatic N) is 1. The molecule has 0 aromatic heterocycles. The van der Waals surface area contributed by atoms with Crippen LogP contribution in [0, 0.1) is 0 Å². The summed E-state index contributed by atoms with van der Waals surface area (Å²) in [5.41, 5.74) is 2.55. The number of rotatable bonds is 5. The van der Waals surface area contributed by atoms with E-state index in [9.17, 15) is 0 Å². The number of hydrogen-bond acceptors (Lipinski definition) is 3. The third-order valence-electron chi connectivity index (χ3n) is 5.04. The van der Waals surface area contributed by atoms with Crippen LogP contribution < -0.4 is 9.47 Å². The second kappa shape index (κ2) is 7.27. The Bertz CT molecular complexity index is 662. The largest absolute Gasteiger partial charge is 0.492 e. The first-order valence-corrected chi connectivity index (χ1v) is 9.08. The van der Waals surface area contributed by atoms with Gasteiger partial charge < -0.3 is 9.47 Å². The van der Waals surface area contributed by atoms with Crippen molar-refractivity contribution in [1.82, 2.24) is 4.90 Å². The van der Waals surface area contributed by atoms with Gasteiger partial charge >= 0.3 is 0 Å². The second-order valence-electron chi connectivity index (χ2n) is 6.72. The highest BCUT2D eigenvalue weighted by Crippen LogP contribution is 2.34. The highest BCUT2D eigenvalue weighted by molar-refractivity contribution is 5.37. The van der Waals surface area contributed by atoms with Crippen molar-refractivity contribution in [2.45, 2.75) is 31.8 Å². The Morgan fingerprint density at radius 3 is 2.62 bits per heavy atom. The fourth-order valence-electron chi connectivity index (χ4n) is 3.64. The van der Waals surface area contributed by atoms with Gasteiger partial charge in [-0.1, -0.05) is 30.3 Å². The molecule has 0 amide bonds. The number of likely N-dealkylation sites (tertiary alicyclic amines) is 1. The summed E-state index contributed by atoms with van der Waals surface area (Å²) in [5, 5.41) is 0. The van der Waals surface area contributed by atoms with Crippen LogP contribution in [-0.4, -0.2) is 31.1 Å². The summed E-state index contributed by atoms with van der Waals surface area (Å²) in [7, 11) is 0. The van der Waals surface area contributed by atoms with Gasteiger partial charge in [-0.05, 0) is 68.1 Å². The van der Waals surface area contributed by atoms with Crippen LogP contribution in [0.25, 0.3) is 0 Å². The van der Waals surface area contributed by atoms with Crippen molar-refractivity contribution >= 4 is 0 Å². The number of benzene rings is 2. The van der Waals surface area contributed by atoms with Crippen LogP contribution >= 0.6 is 0 Å². The minimum atomic E-state index is 0.151. The Kier molecular flexibility index (Phi) is 4.70. The van der Waals surface area contributed by atoms with Gasteiger partial charge in [0.05, 0.1) is 0 Å². The van der Waals surface area contributed by atoms with Crippen molar-refractivity contribution in [3.05, 3.63) is 59.7 Å². The molecule has 0 N–H and O–H groups in total. The molecule has 2 aromatic carbocycles. The summed E-state index contributed by atoms with van der Waals surface area (Å²) in [6, 6.07) is 16.8. The van der Waals surface area contributed by atoms with E-state index in [0.717, 1.165) is 37.5 Å². The van der Waals surface area contributed by atoms with Crippen LogP contribution in [0.1, 0.15) is 36.5 Å². The first kappa shape index (κ1) is 15.5. The van der Waals surface area contributed by atoms with E-state index in [1.54, 1.807) is 0 Å². The summed E-state index contributed by atoms with van der Waals surface area (Å²) in [6.07, 6.45) is 4.93. The van der Waals surface area contributed by atoms with E-state index in [1.165, 1.54) is 37.1 Å². The van der Waals surface area contributed by atoms with Gasteiger partial charge in [0.1, 0.15) is 24.2 Å². The molecule has 0 saturated carbocycles. The van der Waals surface area contributed by atoms with Crippen molar-refractivity contribution in [3.63, 3.8) is 0 Å². The zero-order valence-corrected chi connectivity index (χ0v) is 14.1. The summed E-state index contributed by atoms with van der Waals surface area (Å²) >= 11 is 0. The van der Waals surface area contributed by atoms with Gasteiger partial charge in [-0.25, -0.2) is 0 Å². The van der Waals surface area contributed by atoms with Gasteiger partial charge in [0.2, 0.25) is 0 Å². The predicted molar refractivity (Wildman–Crippen MR) is 95.7 cm³/mol. The topological polar surface area (TPSA) is 21.7 Å². The smallest absolute Gasteiger partial charge is 0.124 e. The van der Waals surface area contributed by atoms with E-state index in [1.807, 2.05) is 6.07 Å². The molecule has 0 aliphatic carbocycles. The van der Waals surface area contributed by atoms with Crippen LogP contribution in [0.4, 0.5) is 0 Å². The van der Waals surface area contributed by atoms with E-state index >= 15 is 0 Å². The van der Waals surface area contributed by atoms with Crippen molar-refractivity contribution in [2.24, 2.45) is 0 Å². The molecule has 2 aliphatic heterocycles. The lowest BCUT2D eigenvalue weighted by molar-refractivity contribution is 0.176. The van der Waals surface area contributed by atoms with E-state index in [2.05, 4.69) is 47.4 Å². The van der Waals surface area contributed by atoms with Crippen LogP contribution in [0.5, 0.6) is 11.5 Å².